The molecule has 1 unspecified atom stereocenters. The van der Waals surface area contributed by atoms with Gasteiger partial charge in [0.15, 0.2) is 0 Å². The Bertz CT molecular complexity index is 291. The Labute approximate surface area is 80.4 Å². The minimum Gasteiger partial charge on any atom is -0.369 e. The highest BCUT2D eigenvalue weighted by Gasteiger charge is 2.41. The smallest absolute Gasteiger partial charge is 0.317 e. The quantitative estimate of drug-likeness (QED) is 0.458. The monoisotopic (exact) mass is 199 g/mol. The largest absolute Gasteiger partial charge is 0.369 e. The number of nitrogens with zero attached hydrogens (tertiary/aromatic N) is 1. The van der Waals surface area contributed by atoms with E-state index in [0.29, 0.717) is 0 Å². The van der Waals surface area contributed by atoms with Gasteiger partial charge in [0.1, 0.15) is 12.0 Å². The molecular formula is C7H11N4O3. The molecule has 7 nitrogen and oxygen atoms in total. The normalized spacial score (nSPS) is 23.1. The average molecular weight is 199 g/mol. The van der Waals surface area contributed by atoms with E-state index in [0.717, 1.165) is 4.90 Å². The molecular weight excluding hydrogens is 188 g/mol. The van der Waals surface area contributed by atoms with Crippen molar-refractivity contribution in [1.29, 1.82) is 0 Å². The molecule has 0 saturated carbocycles. The van der Waals surface area contributed by atoms with Gasteiger partial charge in [-0.25, -0.2) is 4.79 Å². The number of primary amides is 2. The molecule has 1 aliphatic heterocycles. The van der Waals surface area contributed by atoms with Crippen molar-refractivity contribution in [2.75, 3.05) is 13.6 Å². The molecule has 4 amide bonds. The van der Waals surface area contributed by atoms with Gasteiger partial charge in [0.05, 0.1) is 0 Å². The van der Waals surface area contributed by atoms with Crippen molar-refractivity contribution in [3.8, 4) is 0 Å². The summed E-state index contributed by atoms with van der Waals surface area (Å²) in [6, 6.07) is -1.50. The zero-order valence-electron chi connectivity index (χ0n) is 7.61. The molecule has 0 aliphatic carbocycles. The number of amides is 4. The summed E-state index contributed by atoms with van der Waals surface area (Å²) in [6.07, 6.45) is 0. The van der Waals surface area contributed by atoms with Crippen LogP contribution in [-0.4, -0.2) is 42.4 Å². The topological polar surface area (TPSA) is 119 Å². The SMILES string of the molecule is CN1C(=O)NC[C](C(N)=O)C1C(N)=O. The third kappa shape index (κ3) is 1.61. The van der Waals surface area contributed by atoms with Crippen molar-refractivity contribution in [3.63, 3.8) is 0 Å². The Kier molecular flexibility index (Phi) is 2.59. The predicted octanol–water partition coefficient (Wildman–Crippen LogP) is -2.44. The summed E-state index contributed by atoms with van der Waals surface area (Å²) in [5.74, 6) is -1.41. The Morgan fingerprint density at radius 3 is 2.50 bits per heavy atom. The van der Waals surface area contributed by atoms with Crippen LogP contribution in [0.4, 0.5) is 4.79 Å². The van der Waals surface area contributed by atoms with Gasteiger partial charge >= 0.3 is 6.03 Å². The molecule has 1 aliphatic rings. The minimum absolute atomic E-state index is 0.0356. The van der Waals surface area contributed by atoms with Crippen LogP contribution < -0.4 is 16.8 Å². The molecule has 1 radical (unpaired) electrons. The standard InChI is InChI=1S/C7H11N4O3/c1-11-4(6(9)13)3(5(8)12)2-10-7(11)14/h4H,2H2,1H3,(H2,8,12)(H2,9,13)(H,10,14). The number of carbonyl (C=O) groups is 3. The third-order valence-corrected chi connectivity index (χ3v) is 2.05. The van der Waals surface area contributed by atoms with Gasteiger partial charge < -0.3 is 21.7 Å². The van der Waals surface area contributed by atoms with Crippen LogP contribution in [0.3, 0.4) is 0 Å². The summed E-state index contributed by atoms with van der Waals surface area (Å²) in [4.78, 5) is 34.1. The fourth-order valence-electron chi connectivity index (χ4n) is 1.33. The van der Waals surface area contributed by atoms with E-state index in [1.807, 2.05) is 0 Å². The van der Waals surface area contributed by atoms with Crippen LogP contribution in [0.2, 0.25) is 0 Å². The summed E-state index contributed by atoms with van der Waals surface area (Å²) in [5, 5.41) is 2.39. The summed E-state index contributed by atoms with van der Waals surface area (Å²) >= 11 is 0. The number of hydrogen-bond acceptors (Lipinski definition) is 3. The van der Waals surface area contributed by atoms with E-state index in [2.05, 4.69) is 5.32 Å². The second kappa shape index (κ2) is 3.52. The van der Waals surface area contributed by atoms with Gasteiger partial charge in [-0.15, -0.1) is 0 Å². The fraction of sp³-hybridized carbons (Fsp3) is 0.429. The number of nitrogens with one attached hydrogen (secondary N) is 1. The van der Waals surface area contributed by atoms with E-state index < -0.39 is 23.9 Å². The summed E-state index contributed by atoms with van der Waals surface area (Å²) < 4.78 is 0. The summed E-state index contributed by atoms with van der Waals surface area (Å²) in [5.41, 5.74) is 10.1. The number of urea groups is 1. The fourth-order valence-corrected chi connectivity index (χ4v) is 1.33. The maximum absolute atomic E-state index is 11.1. The van der Waals surface area contributed by atoms with Crippen molar-refractivity contribution in [2.24, 2.45) is 11.5 Å². The van der Waals surface area contributed by atoms with Crippen LogP contribution in [-0.2, 0) is 9.59 Å². The van der Waals surface area contributed by atoms with E-state index in [9.17, 15) is 14.4 Å². The van der Waals surface area contributed by atoms with Gasteiger partial charge in [-0.1, -0.05) is 0 Å². The van der Waals surface area contributed by atoms with Crippen LogP contribution in [0.1, 0.15) is 0 Å². The lowest BCUT2D eigenvalue weighted by atomic mass is 9.95. The Hall–Kier alpha value is -1.79. The number of nitrogens with two attached hydrogens (primary N) is 2. The minimum atomic E-state index is -1.04. The van der Waals surface area contributed by atoms with Crippen molar-refractivity contribution in [1.82, 2.24) is 10.2 Å². The third-order valence-electron chi connectivity index (χ3n) is 2.05. The Balaban J connectivity index is 2.93. The first-order valence-corrected chi connectivity index (χ1v) is 3.90. The second-order valence-electron chi connectivity index (χ2n) is 2.96. The maximum Gasteiger partial charge on any atom is 0.317 e. The highest BCUT2D eigenvalue weighted by molar-refractivity contribution is 6.01. The van der Waals surface area contributed by atoms with Gasteiger partial charge in [0.25, 0.3) is 0 Å². The number of likely N-dealkylation sites (N-methyl/N-ethyl adjacent to an activating group) is 1. The molecule has 1 atom stereocenters. The molecule has 0 aromatic rings. The van der Waals surface area contributed by atoms with Gasteiger partial charge in [-0.2, -0.15) is 0 Å². The molecule has 1 fully saturated rings. The molecule has 0 bridgehead atoms. The number of hydrogen-bond donors (Lipinski definition) is 3. The van der Waals surface area contributed by atoms with Crippen molar-refractivity contribution in [2.45, 2.75) is 6.04 Å². The van der Waals surface area contributed by atoms with E-state index >= 15 is 0 Å². The lowest BCUT2D eigenvalue weighted by Gasteiger charge is -2.35. The van der Waals surface area contributed by atoms with E-state index in [1.165, 1.54) is 7.05 Å². The highest BCUT2D eigenvalue weighted by atomic mass is 16.2. The van der Waals surface area contributed by atoms with Gasteiger partial charge in [0.2, 0.25) is 11.8 Å². The first-order valence-electron chi connectivity index (χ1n) is 3.90. The van der Waals surface area contributed by atoms with Gasteiger partial charge in [-0.05, 0) is 0 Å². The molecule has 7 heteroatoms. The van der Waals surface area contributed by atoms with Crippen LogP contribution in [0.5, 0.6) is 0 Å². The second-order valence-corrected chi connectivity index (χ2v) is 2.96. The Morgan fingerprint density at radius 1 is 1.50 bits per heavy atom. The lowest BCUT2D eigenvalue weighted by Crippen LogP contribution is -2.62. The average Bonchev–Trinajstić information content (AvgIpc) is 2.08. The van der Waals surface area contributed by atoms with Crippen LogP contribution >= 0.6 is 0 Å². The van der Waals surface area contributed by atoms with Crippen LogP contribution in [0.25, 0.3) is 0 Å². The molecule has 14 heavy (non-hydrogen) atoms. The molecule has 0 spiro atoms. The van der Waals surface area contributed by atoms with Gasteiger partial charge in [-0.3, -0.25) is 9.59 Å². The molecule has 0 aromatic heterocycles. The predicted molar refractivity (Wildman–Crippen MR) is 46.6 cm³/mol. The molecule has 1 rings (SSSR count). The van der Waals surface area contributed by atoms with Crippen molar-refractivity contribution >= 4 is 17.8 Å². The Morgan fingerprint density at radius 2 is 2.07 bits per heavy atom. The molecule has 77 valence electrons. The van der Waals surface area contributed by atoms with Crippen molar-refractivity contribution in [3.05, 3.63) is 5.92 Å². The lowest BCUT2D eigenvalue weighted by molar-refractivity contribution is -0.125. The molecule has 0 aromatic carbocycles. The van der Waals surface area contributed by atoms with E-state index in [1.54, 1.807) is 0 Å². The molecule has 1 heterocycles. The first-order chi connectivity index (χ1) is 6.45. The number of carbonyl (C=O) groups excluding carboxylic acids is 3. The molecule has 5 N–H and O–H groups in total. The molecule has 1 saturated heterocycles. The first kappa shape index (κ1) is 10.3. The zero-order valence-corrected chi connectivity index (χ0v) is 7.61. The summed E-state index contributed by atoms with van der Waals surface area (Å²) in [6.45, 7) is -0.0356. The highest BCUT2D eigenvalue weighted by Crippen LogP contribution is 2.15. The van der Waals surface area contributed by atoms with Crippen LogP contribution in [0.15, 0.2) is 0 Å². The zero-order chi connectivity index (χ0) is 10.9. The van der Waals surface area contributed by atoms with Gasteiger partial charge in [0, 0.05) is 13.6 Å². The summed E-state index contributed by atoms with van der Waals surface area (Å²) in [7, 11) is 1.37. The van der Waals surface area contributed by atoms with Crippen LogP contribution in [0, 0.1) is 5.92 Å². The maximum atomic E-state index is 11.1. The van der Waals surface area contributed by atoms with E-state index in [-0.39, 0.29) is 12.5 Å². The number of rotatable bonds is 2. The van der Waals surface area contributed by atoms with E-state index in [4.69, 9.17) is 11.5 Å². The van der Waals surface area contributed by atoms with Crippen molar-refractivity contribution < 1.29 is 14.4 Å².